The largest absolute Gasteiger partial charge is 0.488 e. The van der Waals surface area contributed by atoms with Crippen LogP contribution in [0.2, 0.25) is 5.02 Å². The zero-order valence-electron chi connectivity index (χ0n) is 8.72. The van der Waals surface area contributed by atoms with Crippen LogP contribution in [0.15, 0.2) is 35.7 Å². The Morgan fingerprint density at radius 1 is 1.35 bits per heavy atom. The number of ether oxygens (including phenoxy) is 1. The Hall–Kier alpha value is -1.52. The minimum Gasteiger partial charge on any atom is -0.488 e. The first-order chi connectivity index (χ1) is 8.15. The Labute approximate surface area is 107 Å². The number of hydrogen-bond donors (Lipinski definition) is 1. The van der Waals surface area contributed by atoms with Crippen LogP contribution in [0.5, 0.6) is 5.75 Å². The van der Waals surface area contributed by atoms with Gasteiger partial charge in [0.05, 0.1) is 0 Å². The highest BCUT2D eigenvalue weighted by Gasteiger charge is 2.07. The van der Waals surface area contributed by atoms with Gasteiger partial charge in [-0.15, -0.1) is 11.3 Å². The van der Waals surface area contributed by atoms with Crippen molar-refractivity contribution in [1.29, 1.82) is 0 Å². The van der Waals surface area contributed by atoms with E-state index in [9.17, 15) is 4.79 Å². The van der Waals surface area contributed by atoms with E-state index in [1.807, 2.05) is 12.1 Å². The first-order valence-electron chi connectivity index (χ1n) is 4.84. The molecule has 0 spiro atoms. The highest BCUT2D eigenvalue weighted by molar-refractivity contribution is 7.12. The fraction of sp³-hybridized carbons (Fsp3) is 0.0833. The van der Waals surface area contributed by atoms with Gasteiger partial charge in [0.15, 0.2) is 0 Å². The predicted octanol–water partition coefficient (Wildman–Crippen LogP) is 3.68. The van der Waals surface area contributed by atoms with E-state index in [1.165, 1.54) is 6.07 Å². The minimum atomic E-state index is -0.934. The van der Waals surface area contributed by atoms with Gasteiger partial charge in [-0.2, -0.15) is 0 Å². The quantitative estimate of drug-likeness (QED) is 0.920. The summed E-state index contributed by atoms with van der Waals surface area (Å²) in [6, 6.07) is 8.83. The Kier molecular flexibility index (Phi) is 3.66. The van der Waals surface area contributed by atoms with Crippen molar-refractivity contribution in [3.63, 3.8) is 0 Å². The normalized spacial score (nSPS) is 10.2. The minimum absolute atomic E-state index is 0.274. The number of carboxylic acid groups (broad SMARTS) is 1. The first kappa shape index (κ1) is 12.0. The molecule has 1 aromatic heterocycles. The Bertz CT molecular complexity index is 519. The van der Waals surface area contributed by atoms with Gasteiger partial charge in [-0.05, 0) is 17.7 Å². The van der Waals surface area contributed by atoms with Gasteiger partial charge >= 0.3 is 5.97 Å². The standard InChI is InChI=1S/C12H9ClO3S/c13-9-3-1-8(2-4-9)6-16-10-5-11(12(14)15)17-7-10/h1-5,7H,6H2,(H,14,15). The van der Waals surface area contributed by atoms with E-state index in [-0.39, 0.29) is 4.88 Å². The number of carboxylic acids is 1. The molecule has 1 aromatic carbocycles. The van der Waals surface area contributed by atoms with Crippen molar-refractivity contribution in [2.45, 2.75) is 6.61 Å². The summed E-state index contributed by atoms with van der Waals surface area (Å²) in [5, 5.41) is 11.1. The van der Waals surface area contributed by atoms with Crippen LogP contribution in [0.4, 0.5) is 0 Å². The summed E-state index contributed by atoms with van der Waals surface area (Å²) < 4.78 is 5.47. The lowest BCUT2D eigenvalue weighted by atomic mass is 10.2. The third-order valence-electron chi connectivity index (χ3n) is 2.10. The summed E-state index contributed by atoms with van der Waals surface area (Å²) in [7, 11) is 0. The Morgan fingerprint density at radius 3 is 2.65 bits per heavy atom. The molecule has 0 unspecified atom stereocenters. The summed E-state index contributed by atoms with van der Waals surface area (Å²) in [6.45, 7) is 0.396. The molecular formula is C12H9ClO3S. The van der Waals surface area contributed by atoms with Gasteiger partial charge in [0.25, 0.3) is 0 Å². The topological polar surface area (TPSA) is 46.5 Å². The number of rotatable bonds is 4. The predicted molar refractivity (Wildman–Crippen MR) is 67.1 cm³/mol. The molecule has 3 nitrogen and oxygen atoms in total. The van der Waals surface area contributed by atoms with Crippen LogP contribution >= 0.6 is 22.9 Å². The molecule has 0 saturated carbocycles. The summed E-state index contributed by atoms with van der Waals surface area (Å²) in [5.74, 6) is -0.362. The molecule has 0 amide bonds. The molecule has 17 heavy (non-hydrogen) atoms. The fourth-order valence-corrected chi connectivity index (χ4v) is 2.04. The van der Waals surface area contributed by atoms with Crippen LogP contribution in [0, 0.1) is 0 Å². The Balaban J connectivity index is 1.97. The summed E-state index contributed by atoms with van der Waals surface area (Å²) in [6.07, 6.45) is 0. The van der Waals surface area contributed by atoms with Gasteiger partial charge < -0.3 is 9.84 Å². The maximum Gasteiger partial charge on any atom is 0.346 e. The van der Waals surface area contributed by atoms with Crippen LogP contribution in [-0.4, -0.2) is 11.1 Å². The van der Waals surface area contributed by atoms with Gasteiger partial charge in [0, 0.05) is 16.5 Å². The molecule has 5 heteroatoms. The average molecular weight is 269 g/mol. The number of benzene rings is 1. The van der Waals surface area contributed by atoms with Crippen molar-refractivity contribution in [1.82, 2.24) is 0 Å². The molecule has 1 N–H and O–H groups in total. The van der Waals surface area contributed by atoms with Gasteiger partial charge in [-0.3, -0.25) is 0 Å². The highest BCUT2D eigenvalue weighted by Crippen LogP contribution is 2.22. The fourth-order valence-electron chi connectivity index (χ4n) is 1.25. The second kappa shape index (κ2) is 5.21. The molecule has 0 bridgehead atoms. The van der Waals surface area contributed by atoms with Crippen LogP contribution in [0.3, 0.4) is 0 Å². The maximum atomic E-state index is 10.7. The van der Waals surface area contributed by atoms with Crippen molar-refractivity contribution < 1.29 is 14.6 Å². The molecule has 0 aliphatic rings. The monoisotopic (exact) mass is 268 g/mol. The van der Waals surface area contributed by atoms with Crippen LogP contribution in [-0.2, 0) is 6.61 Å². The van der Waals surface area contributed by atoms with Crippen molar-refractivity contribution in [3.05, 3.63) is 51.2 Å². The SMILES string of the molecule is O=C(O)c1cc(OCc2ccc(Cl)cc2)cs1. The lowest BCUT2D eigenvalue weighted by molar-refractivity contribution is 0.0702. The molecule has 0 aliphatic carbocycles. The van der Waals surface area contributed by atoms with Crippen molar-refractivity contribution >= 4 is 28.9 Å². The number of hydrogen-bond acceptors (Lipinski definition) is 3. The van der Waals surface area contributed by atoms with Crippen molar-refractivity contribution in [2.24, 2.45) is 0 Å². The van der Waals surface area contributed by atoms with Crippen LogP contribution in [0.1, 0.15) is 15.2 Å². The average Bonchev–Trinajstić information content (AvgIpc) is 2.77. The maximum absolute atomic E-state index is 10.7. The number of carbonyl (C=O) groups is 1. The number of thiophene rings is 1. The molecule has 0 aliphatic heterocycles. The molecule has 1 heterocycles. The zero-order valence-corrected chi connectivity index (χ0v) is 10.3. The molecule has 2 rings (SSSR count). The van der Waals surface area contributed by atoms with E-state index in [0.29, 0.717) is 17.4 Å². The van der Waals surface area contributed by atoms with E-state index < -0.39 is 5.97 Å². The van der Waals surface area contributed by atoms with Gasteiger partial charge in [-0.1, -0.05) is 23.7 Å². The van der Waals surface area contributed by atoms with E-state index >= 15 is 0 Å². The van der Waals surface area contributed by atoms with Gasteiger partial charge in [0.1, 0.15) is 17.2 Å². The van der Waals surface area contributed by atoms with Gasteiger partial charge in [-0.25, -0.2) is 4.79 Å². The highest BCUT2D eigenvalue weighted by atomic mass is 35.5. The zero-order chi connectivity index (χ0) is 12.3. The van der Waals surface area contributed by atoms with E-state index in [1.54, 1.807) is 17.5 Å². The first-order valence-corrected chi connectivity index (χ1v) is 6.10. The number of halogens is 1. The summed E-state index contributed by atoms with van der Waals surface area (Å²) in [5.41, 5.74) is 0.984. The lowest BCUT2D eigenvalue weighted by Gasteiger charge is -2.03. The van der Waals surface area contributed by atoms with E-state index in [0.717, 1.165) is 16.9 Å². The molecule has 0 radical (unpaired) electrons. The molecule has 0 atom stereocenters. The smallest absolute Gasteiger partial charge is 0.346 e. The molecule has 0 saturated heterocycles. The van der Waals surface area contributed by atoms with E-state index in [4.69, 9.17) is 21.4 Å². The molecular weight excluding hydrogens is 260 g/mol. The third-order valence-corrected chi connectivity index (χ3v) is 3.25. The van der Waals surface area contributed by atoms with E-state index in [2.05, 4.69) is 0 Å². The van der Waals surface area contributed by atoms with Gasteiger partial charge in [0.2, 0.25) is 0 Å². The van der Waals surface area contributed by atoms with Crippen LogP contribution in [0.25, 0.3) is 0 Å². The van der Waals surface area contributed by atoms with Crippen molar-refractivity contribution in [3.8, 4) is 5.75 Å². The number of aromatic carboxylic acids is 1. The Morgan fingerprint density at radius 2 is 2.06 bits per heavy atom. The molecule has 0 fully saturated rings. The molecule has 88 valence electrons. The second-order valence-corrected chi connectivity index (χ2v) is 4.71. The van der Waals surface area contributed by atoms with Crippen molar-refractivity contribution in [2.75, 3.05) is 0 Å². The lowest BCUT2D eigenvalue weighted by Crippen LogP contribution is -1.94. The summed E-state index contributed by atoms with van der Waals surface area (Å²) in [4.78, 5) is 10.9. The second-order valence-electron chi connectivity index (χ2n) is 3.37. The van der Waals surface area contributed by atoms with Crippen LogP contribution < -0.4 is 4.74 Å². The third kappa shape index (κ3) is 3.22. The molecule has 2 aromatic rings. The summed E-state index contributed by atoms with van der Waals surface area (Å²) >= 11 is 6.91.